The second kappa shape index (κ2) is 8.05. The lowest BCUT2D eigenvalue weighted by atomic mass is 9.90. The molecule has 0 spiro atoms. The molecule has 0 aromatic heterocycles. The zero-order valence-electron chi connectivity index (χ0n) is 12.0. The normalized spacial score (nSPS) is 26.2. The molecule has 0 aliphatic carbocycles. The van der Waals surface area contributed by atoms with E-state index in [1.54, 1.807) is 0 Å². The van der Waals surface area contributed by atoms with Crippen molar-refractivity contribution in [1.82, 2.24) is 10.2 Å². The molecule has 1 aliphatic heterocycles. The van der Waals surface area contributed by atoms with Crippen molar-refractivity contribution >= 4 is 0 Å². The lowest BCUT2D eigenvalue weighted by Crippen LogP contribution is -2.50. The minimum atomic E-state index is -2.24. The maximum Gasteiger partial charge on any atom is 0.250 e. The maximum atomic E-state index is 12.3. The van der Waals surface area contributed by atoms with Crippen LogP contribution >= 0.6 is 0 Å². The second-order valence-corrected chi connectivity index (χ2v) is 6.00. The first-order valence-electron chi connectivity index (χ1n) is 7.25. The van der Waals surface area contributed by atoms with E-state index in [1.165, 1.54) is 12.8 Å². The number of piperidine rings is 1. The molecule has 0 aromatic rings. The van der Waals surface area contributed by atoms with E-state index in [0.29, 0.717) is 11.8 Å². The summed E-state index contributed by atoms with van der Waals surface area (Å²) in [7, 11) is 0. The van der Waals surface area contributed by atoms with Crippen LogP contribution in [0.25, 0.3) is 0 Å². The molecule has 108 valence electrons. The van der Waals surface area contributed by atoms with Gasteiger partial charge >= 0.3 is 0 Å². The van der Waals surface area contributed by atoms with Gasteiger partial charge in [-0.05, 0) is 24.7 Å². The Labute approximate surface area is 110 Å². The molecular weight excluding hydrogens is 234 g/mol. The Hall–Kier alpha value is -0.220. The average molecular weight is 262 g/mol. The van der Waals surface area contributed by atoms with Crippen molar-refractivity contribution in [3.8, 4) is 0 Å². The second-order valence-electron chi connectivity index (χ2n) is 6.00. The van der Waals surface area contributed by atoms with Crippen molar-refractivity contribution in [3.63, 3.8) is 0 Å². The van der Waals surface area contributed by atoms with E-state index in [9.17, 15) is 8.78 Å². The van der Waals surface area contributed by atoms with Crippen LogP contribution in [0.1, 0.15) is 40.0 Å². The number of nitrogens with one attached hydrogen (secondary N) is 1. The van der Waals surface area contributed by atoms with Crippen molar-refractivity contribution in [3.05, 3.63) is 0 Å². The average Bonchev–Trinajstić information content (AvgIpc) is 2.25. The van der Waals surface area contributed by atoms with Gasteiger partial charge in [0.2, 0.25) is 0 Å². The smallest absolute Gasteiger partial charge is 0.250 e. The quantitative estimate of drug-likeness (QED) is 0.759. The van der Waals surface area contributed by atoms with Crippen molar-refractivity contribution in [1.29, 1.82) is 0 Å². The molecule has 18 heavy (non-hydrogen) atoms. The Balaban J connectivity index is 2.45. The fourth-order valence-electron chi connectivity index (χ4n) is 2.99. The molecule has 1 N–H and O–H groups in total. The molecule has 1 aliphatic rings. The lowest BCUT2D eigenvalue weighted by Gasteiger charge is -2.39. The SMILES string of the molecule is CCCC1CC(NCC(F)F)CN(CC(C)C)C1. The third kappa shape index (κ3) is 6.10. The minimum Gasteiger partial charge on any atom is -0.307 e. The molecule has 1 saturated heterocycles. The highest BCUT2D eigenvalue weighted by Gasteiger charge is 2.27. The van der Waals surface area contributed by atoms with Crippen LogP contribution in [0, 0.1) is 11.8 Å². The van der Waals surface area contributed by atoms with Gasteiger partial charge in [0.05, 0.1) is 6.54 Å². The highest BCUT2D eigenvalue weighted by atomic mass is 19.3. The number of alkyl halides is 2. The minimum absolute atomic E-state index is 0.168. The van der Waals surface area contributed by atoms with Crippen molar-refractivity contribution in [2.24, 2.45) is 11.8 Å². The predicted molar refractivity (Wildman–Crippen MR) is 72.1 cm³/mol. The molecular formula is C14H28F2N2. The summed E-state index contributed by atoms with van der Waals surface area (Å²) in [5.41, 5.74) is 0. The fourth-order valence-corrected chi connectivity index (χ4v) is 2.99. The van der Waals surface area contributed by atoms with E-state index >= 15 is 0 Å². The van der Waals surface area contributed by atoms with E-state index in [4.69, 9.17) is 0 Å². The van der Waals surface area contributed by atoms with Gasteiger partial charge in [0, 0.05) is 25.7 Å². The zero-order chi connectivity index (χ0) is 13.5. The Morgan fingerprint density at radius 3 is 2.56 bits per heavy atom. The number of rotatable bonds is 7. The van der Waals surface area contributed by atoms with Crippen LogP contribution < -0.4 is 5.32 Å². The molecule has 1 heterocycles. The number of halogens is 2. The Bertz CT molecular complexity index is 222. The molecule has 0 saturated carbocycles. The summed E-state index contributed by atoms with van der Waals surface area (Å²) < 4.78 is 24.5. The topological polar surface area (TPSA) is 15.3 Å². The summed E-state index contributed by atoms with van der Waals surface area (Å²) >= 11 is 0. The van der Waals surface area contributed by atoms with E-state index in [0.717, 1.165) is 26.1 Å². The standard InChI is InChI=1S/C14H28F2N2/c1-4-5-12-6-13(17-7-14(15)16)10-18(9-12)8-11(2)3/h11-14,17H,4-10H2,1-3H3. The molecule has 1 fully saturated rings. The number of nitrogens with zero attached hydrogens (tertiary/aromatic N) is 1. The molecule has 2 atom stereocenters. The van der Waals surface area contributed by atoms with Crippen LogP contribution in [0.2, 0.25) is 0 Å². The van der Waals surface area contributed by atoms with Crippen molar-refractivity contribution < 1.29 is 8.78 Å². The summed E-state index contributed by atoms with van der Waals surface area (Å²) in [5, 5.41) is 3.02. The molecule has 0 aromatic carbocycles. The highest BCUT2D eigenvalue weighted by molar-refractivity contribution is 4.84. The number of likely N-dealkylation sites (tertiary alicyclic amines) is 1. The molecule has 0 bridgehead atoms. The third-order valence-electron chi connectivity index (χ3n) is 3.49. The zero-order valence-corrected chi connectivity index (χ0v) is 12.0. The van der Waals surface area contributed by atoms with Gasteiger partial charge in [0.25, 0.3) is 6.43 Å². The monoisotopic (exact) mass is 262 g/mol. The van der Waals surface area contributed by atoms with Gasteiger partial charge in [-0.25, -0.2) is 8.78 Å². The third-order valence-corrected chi connectivity index (χ3v) is 3.49. The molecule has 0 radical (unpaired) electrons. The summed E-state index contributed by atoms with van der Waals surface area (Å²) in [6, 6.07) is 0.239. The van der Waals surface area contributed by atoms with Crippen molar-refractivity contribution in [2.75, 3.05) is 26.2 Å². The Morgan fingerprint density at radius 1 is 1.28 bits per heavy atom. The van der Waals surface area contributed by atoms with Crippen LogP contribution in [0.3, 0.4) is 0 Å². The number of hydrogen-bond acceptors (Lipinski definition) is 2. The van der Waals surface area contributed by atoms with Crippen LogP contribution in [0.5, 0.6) is 0 Å². The van der Waals surface area contributed by atoms with Gasteiger partial charge < -0.3 is 10.2 Å². The largest absolute Gasteiger partial charge is 0.307 e. The van der Waals surface area contributed by atoms with E-state index in [1.807, 2.05) is 0 Å². The first-order valence-corrected chi connectivity index (χ1v) is 7.25. The van der Waals surface area contributed by atoms with Gasteiger partial charge in [-0.15, -0.1) is 0 Å². The Morgan fingerprint density at radius 2 is 2.00 bits per heavy atom. The van der Waals surface area contributed by atoms with Crippen molar-refractivity contribution in [2.45, 2.75) is 52.5 Å². The van der Waals surface area contributed by atoms with Crippen LogP contribution in [0.15, 0.2) is 0 Å². The molecule has 4 heteroatoms. The summed E-state index contributed by atoms with van der Waals surface area (Å²) in [5.74, 6) is 1.30. The van der Waals surface area contributed by atoms with Gasteiger partial charge in [0.1, 0.15) is 0 Å². The van der Waals surface area contributed by atoms with Gasteiger partial charge in [-0.1, -0.05) is 27.2 Å². The molecule has 0 amide bonds. The molecule has 2 nitrogen and oxygen atoms in total. The first kappa shape index (κ1) is 15.8. The predicted octanol–water partition coefficient (Wildman–Crippen LogP) is 2.99. The molecule has 1 rings (SSSR count). The van der Waals surface area contributed by atoms with Crippen LogP contribution in [0.4, 0.5) is 8.78 Å². The summed E-state index contributed by atoms with van der Waals surface area (Å²) in [4.78, 5) is 2.44. The highest BCUT2D eigenvalue weighted by Crippen LogP contribution is 2.22. The Kier molecular flexibility index (Phi) is 7.08. The van der Waals surface area contributed by atoms with Gasteiger partial charge in [-0.2, -0.15) is 0 Å². The van der Waals surface area contributed by atoms with Gasteiger partial charge in [0.15, 0.2) is 0 Å². The van der Waals surface area contributed by atoms with Gasteiger partial charge in [-0.3, -0.25) is 0 Å². The fraction of sp³-hybridized carbons (Fsp3) is 1.00. The van der Waals surface area contributed by atoms with Crippen LogP contribution in [-0.2, 0) is 0 Å². The van der Waals surface area contributed by atoms with E-state index in [2.05, 4.69) is 31.0 Å². The van der Waals surface area contributed by atoms with E-state index in [-0.39, 0.29) is 12.6 Å². The maximum absolute atomic E-state index is 12.3. The lowest BCUT2D eigenvalue weighted by molar-refractivity contribution is 0.1000. The van der Waals surface area contributed by atoms with Crippen LogP contribution in [-0.4, -0.2) is 43.5 Å². The summed E-state index contributed by atoms with van der Waals surface area (Å²) in [6.45, 7) is 9.59. The first-order chi connectivity index (χ1) is 8.51. The van der Waals surface area contributed by atoms with E-state index < -0.39 is 6.43 Å². The number of hydrogen-bond donors (Lipinski definition) is 1. The summed E-state index contributed by atoms with van der Waals surface area (Å²) in [6.07, 6.45) is 1.20. The molecule has 2 unspecified atom stereocenters.